The maximum absolute atomic E-state index is 5.56. The van der Waals surface area contributed by atoms with Gasteiger partial charge in [-0.25, -0.2) is 0 Å². The van der Waals surface area contributed by atoms with Crippen LogP contribution in [0.2, 0.25) is 0 Å². The summed E-state index contributed by atoms with van der Waals surface area (Å²) >= 11 is 2.00. The third kappa shape index (κ3) is 5.89. The molecule has 0 spiro atoms. The lowest BCUT2D eigenvalue weighted by molar-refractivity contribution is 0.129. The van der Waals surface area contributed by atoms with E-state index in [0.717, 1.165) is 13.2 Å². The fourth-order valence-electron chi connectivity index (χ4n) is 1.49. The van der Waals surface area contributed by atoms with Crippen LogP contribution in [0.1, 0.15) is 33.6 Å². The highest BCUT2D eigenvalue weighted by molar-refractivity contribution is 7.99. The molecular weight excluding hydrogens is 194 g/mol. The van der Waals surface area contributed by atoms with Gasteiger partial charge in [0.1, 0.15) is 0 Å². The molecule has 1 aliphatic heterocycles. The van der Waals surface area contributed by atoms with E-state index in [9.17, 15) is 0 Å². The lowest BCUT2D eigenvalue weighted by Gasteiger charge is -2.20. The molecule has 0 bridgehead atoms. The molecule has 0 saturated carbocycles. The molecule has 2 nitrogen and oxygen atoms in total. The van der Waals surface area contributed by atoms with Crippen LogP contribution in [0.3, 0.4) is 0 Å². The van der Waals surface area contributed by atoms with Gasteiger partial charge < -0.3 is 10.1 Å². The summed E-state index contributed by atoms with van der Waals surface area (Å²) in [6.45, 7) is 8.69. The first-order valence-electron chi connectivity index (χ1n) is 5.52. The SMILES string of the molecule is CC(C)(C)NCCSCC1CCCO1. The van der Waals surface area contributed by atoms with Crippen LogP contribution in [-0.2, 0) is 4.74 Å². The molecule has 0 amide bonds. The van der Waals surface area contributed by atoms with Crippen LogP contribution in [0, 0.1) is 0 Å². The third-order valence-corrected chi connectivity index (χ3v) is 3.33. The van der Waals surface area contributed by atoms with E-state index in [2.05, 4.69) is 26.1 Å². The number of hydrogen-bond acceptors (Lipinski definition) is 3. The zero-order valence-corrected chi connectivity index (χ0v) is 10.5. The molecule has 14 heavy (non-hydrogen) atoms. The lowest BCUT2D eigenvalue weighted by atomic mass is 10.1. The molecule has 1 aliphatic rings. The van der Waals surface area contributed by atoms with Gasteiger partial charge in [0.2, 0.25) is 0 Å². The van der Waals surface area contributed by atoms with Crippen molar-refractivity contribution in [1.29, 1.82) is 0 Å². The maximum Gasteiger partial charge on any atom is 0.0666 e. The Morgan fingerprint density at radius 2 is 2.21 bits per heavy atom. The summed E-state index contributed by atoms with van der Waals surface area (Å²) in [6, 6.07) is 0. The van der Waals surface area contributed by atoms with Crippen molar-refractivity contribution in [1.82, 2.24) is 5.32 Å². The van der Waals surface area contributed by atoms with Gasteiger partial charge in [-0.05, 0) is 33.6 Å². The molecule has 1 unspecified atom stereocenters. The van der Waals surface area contributed by atoms with Crippen molar-refractivity contribution in [2.75, 3.05) is 24.7 Å². The Bertz CT molecular complexity index is 150. The van der Waals surface area contributed by atoms with Crippen LogP contribution in [-0.4, -0.2) is 36.3 Å². The van der Waals surface area contributed by atoms with Gasteiger partial charge >= 0.3 is 0 Å². The molecule has 1 atom stereocenters. The minimum atomic E-state index is 0.254. The molecule has 1 rings (SSSR count). The van der Waals surface area contributed by atoms with E-state index in [1.165, 1.54) is 24.3 Å². The molecule has 0 aromatic carbocycles. The van der Waals surface area contributed by atoms with Crippen LogP contribution in [0.5, 0.6) is 0 Å². The summed E-state index contributed by atoms with van der Waals surface area (Å²) in [4.78, 5) is 0. The van der Waals surface area contributed by atoms with Crippen molar-refractivity contribution in [2.24, 2.45) is 0 Å². The predicted molar refractivity (Wildman–Crippen MR) is 64.1 cm³/mol. The lowest BCUT2D eigenvalue weighted by Crippen LogP contribution is -2.37. The fourth-order valence-corrected chi connectivity index (χ4v) is 2.43. The van der Waals surface area contributed by atoms with Crippen molar-refractivity contribution < 1.29 is 4.74 Å². The van der Waals surface area contributed by atoms with Gasteiger partial charge in [0.15, 0.2) is 0 Å². The topological polar surface area (TPSA) is 21.3 Å². The predicted octanol–water partition coefficient (Wildman–Crippen LogP) is 2.29. The summed E-state index contributed by atoms with van der Waals surface area (Å²) in [5.41, 5.74) is 0.254. The average molecular weight is 217 g/mol. The van der Waals surface area contributed by atoms with Crippen LogP contribution in [0.4, 0.5) is 0 Å². The highest BCUT2D eigenvalue weighted by Gasteiger charge is 2.15. The second-order valence-corrected chi connectivity index (χ2v) is 6.04. The zero-order chi connectivity index (χ0) is 10.4. The smallest absolute Gasteiger partial charge is 0.0666 e. The molecule has 1 saturated heterocycles. The summed E-state index contributed by atoms with van der Waals surface area (Å²) in [6.07, 6.45) is 3.06. The Hall–Kier alpha value is 0.270. The van der Waals surface area contributed by atoms with Gasteiger partial charge in [0.05, 0.1) is 6.10 Å². The highest BCUT2D eigenvalue weighted by atomic mass is 32.2. The minimum absolute atomic E-state index is 0.254. The van der Waals surface area contributed by atoms with Crippen molar-refractivity contribution in [3.8, 4) is 0 Å². The first-order valence-corrected chi connectivity index (χ1v) is 6.68. The highest BCUT2D eigenvalue weighted by Crippen LogP contribution is 2.16. The third-order valence-electron chi connectivity index (χ3n) is 2.23. The summed E-state index contributed by atoms with van der Waals surface area (Å²) in [7, 11) is 0. The van der Waals surface area contributed by atoms with E-state index in [1.807, 2.05) is 11.8 Å². The monoisotopic (exact) mass is 217 g/mol. The Kier molecular flexibility index (Phi) is 5.28. The number of thioether (sulfide) groups is 1. The van der Waals surface area contributed by atoms with E-state index in [4.69, 9.17) is 4.74 Å². The number of ether oxygens (including phenoxy) is 1. The fraction of sp³-hybridized carbons (Fsp3) is 1.00. The molecule has 0 aliphatic carbocycles. The maximum atomic E-state index is 5.56. The van der Waals surface area contributed by atoms with Crippen molar-refractivity contribution in [3.63, 3.8) is 0 Å². The van der Waals surface area contributed by atoms with Gasteiger partial charge in [-0.3, -0.25) is 0 Å². The first kappa shape index (κ1) is 12.3. The number of rotatable bonds is 5. The molecule has 1 N–H and O–H groups in total. The number of nitrogens with one attached hydrogen (secondary N) is 1. The first-order chi connectivity index (χ1) is 6.58. The largest absolute Gasteiger partial charge is 0.377 e. The van der Waals surface area contributed by atoms with Crippen LogP contribution in [0.15, 0.2) is 0 Å². The Morgan fingerprint density at radius 3 is 2.79 bits per heavy atom. The molecule has 1 heterocycles. The van der Waals surface area contributed by atoms with Crippen LogP contribution in [0.25, 0.3) is 0 Å². The summed E-state index contributed by atoms with van der Waals surface area (Å²) < 4.78 is 5.56. The standard InChI is InChI=1S/C11H23NOS/c1-11(2,3)12-6-8-14-9-10-5-4-7-13-10/h10,12H,4-9H2,1-3H3. The van der Waals surface area contributed by atoms with E-state index >= 15 is 0 Å². The molecule has 0 aromatic rings. The molecule has 3 heteroatoms. The normalized spacial score (nSPS) is 22.9. The summed E-state index contributed by atoms with van der Waals surface area (Å²) in [5.74, 6) is 2.36. The van der Waals surface area contributed by atoms with Gasteiger partial charge in [0.25, 0.3) is 0 Å². The van der Waals surface area contributed by atoms with E-state index in [0.29, 0.717) is 6.10 Å². The van der Waals surface area contributed by atoms with E-state index < -0.39 is 0 Å². The van der Waals surface area contributed by atoms with Crippen molar-refractivity contribution in [2.45, 2.75) is 45.3 Å². The molecular formula is C11H23NOS. The average Bonchev–Trinajstić information content (AvgIpc) is 2.54. The quantitative estimate of drug-likeness (QED) is 0.714. The van der Waals surface area contributed by atoms with Gasteiger partial charge in [-0.15, -0.1) is 0 Å². The Morgan fingerprint density at radius 1 is 1.43 bits per heavy atom. The minimum Gasteiger partial charge on any atom is -0.377 e. The molecule has 84 valence electrons. The number of hydrogen-bond donors (Lipinski definition) is 1. The van der Waals surface area contributed by atoms with Crippen LogP contribution >= 0.6 is 11.8 Å². The van der Waals surface area contributed by atoms with Crippen molar-refractivity contribution >= 4 is 11.8 Å². The van der Waals surface area contributed by atoms with Crippen LogP contribution < -0.4 is 5.32 Å². The van der Waals surface area contributed by atoms with Gasteiger partial charge in [-0.2, -0.15) is 11.8 Å². The van der Waals surface area contributed by atoms with E-state index in [1.54, 1.807) is 0 Å². The summed E-state index contributed by atoms with van der Waals surface area (Å²) in [5, 5.41) is 3.49. The van der Waals surface area contributed by atoms with Gasteiger partial charge in [0, 0.05) is 30.2 Å². The second kappa shape index (κ2) is 5.99. The second-order valence-electron chi connectivity index (χ2n) is 4.89. The van der Waals surface area contributed by atoms with Gasteiger partial charge in [-0.1, -0.05) is 0 Å². The molecule has 0 radical (unpaired) electrons. The van der Waals surface area contributed by atoms with E-state index in [-0.39, 0.29) is 5.54 Å². The zero-order valence-electron chi connectivity index (χ0n) is 9.64. The Balaban J connectivity index is 1.89. The Labute approximate surface area is 92.2 Å². The molecule has 1 fully saturated rings. The molecule has 0 aromatic heterocycles. The van der Waals surface area contributed by atoms with Crippen molar-refractivity contribution in [3.05, 3.63) is 0 Å².